The van der Waals surface area contributed by atoms with Crippen molar-refractivity contribution in [2.75, 3.05) is 46.4 Å². The summed E-state index contributed by atoms with van der Waals surface area (Å²) in [5.74, 6) is -0.585. The summed E-state index contributed by atoms with van der Waals surface area (Å²) in [6.45, 7) is 7.34. The molecule has 2 aliphatic rings. The zero-order chi connectivity index (χ0) is 12.4. The smallest absolute Gasteiger partial charge is 0.306 e. The van der Waals surface area contributed by atoms with Crippen LogP contribution >= 0.6 is 0 Å². The van der Waals surface area contributed by atoms with E-state index in [0.29, 0.717) is 5.92 Å². The second-order valence-corrected chi connectivity index (χ2v) is 5.36. The first kappa shape index (κ1) is 12.8. The fraction of sp³-hybridized carbons (Fsp3) is 0.917. The van der Waals surface area contributed by atoms with E-state index in [4.69, 9.17) is 9.84 Å². The van der Waals surface area contributed by atoms with Gasteiger partial charge in [0.1, 0.15) is 0 Å². The quantitative estimate of drug-likeness (QED) is 0.750. The third-order valence-corrected chi connectivity index (χ3v) is 3.89. The van der Waals surface area contributed by atoms with Crippen LogP contribution in [0.25, 0.3) is 0 Å². The molecule has 0 bridgehead atoms. The normalized spacial score (nSPS) is 29.9. The van der Waals surface area contributed by atoms with Crippen LogP contribution in [0.1, 0.15) is 6.92 Å². The summed E-state index contributed by atoms with van der Waals surface area (Å²) in [5.41, 5.74) is 0. The molecule has 5 nitrogen and oxygen atoms in total. The van der Waals surface area contributed by atoms with Gasteiger partial charge in [-0.2, -0.15) is 0 Å². The molecule has 1 N–H and O–H groups in total. The minimum absolute atomic E-state index is 0.221. The largest absolute Gasteiger partial charge is 0.481 e. The molecule has 2 atom stereocenters. The lowest BCUT2D eigenvalue weighted by atomic mass is 9.87. The topological polar surface area (TPSA) is 53.0 Å². The van der Waals surface area contributed by atoms with Gasteiger partial charge >= 0.3 is 5.97 Å². The van der Waals surface area contributed by atoms with Crippen molar-refractivity contribution in [3.8, 4) is 0 Å². The Bertz CT molecular complexity index is 279. The number of ether oxygens (including phenoxy) is 1. The lowest BCUT2D eigenvalue weighted by Gasteiger charge is -2.44. The first-order chi connectivity index (χ1) is 8.06. The summed E-state index contributed by atoms with van der Waals surface area (Å²) in [7, 11) is 2.11. The van der Waals surface area contributed by atoms with Gasteiger partial charge in [0.05, 0.1) is 18.6 Å². The molecule has 2 fully saturated rings. The van der Waals surface area contributed by atoms with E-state index in [1.165, 1.54) is 0 Å². The summed E-state index contributed by atoms with van der Waals surface area (Å²) in [6, 6.07) is 0. The molecule has 0 saturated carbocycles. The monoisotopic (exact) mass is 242 g/mol. The molecule has 5 heteroatoms. The number of hydrogen-bond acceptors (Lipinski definition) is 4. The minimum Gasteiger partial charge on any atom is -0.481 e. The number of nitrogens with zero attached hydrogens (tertiary/aromatic N) is 2. The van der Waals surface area contributed by atoms with Crippen molar-refractivity contribution in [3.05, 3.63) is 0 Å². The molecule has 0 aromatic rings. The van der Waals surface area contributed by atoms with Crippen molar-refractivity contribution in [2.24, 2.45) is 11.8 Å². The third-order valence-electron chi connectivity index (χ3n) is 3.89. The van der Waals surface area contributed by atoms with Crippen LogP contribution in [-0.4, -0.2) is 73.4 Å². The Morgan fingerprint density at radius 3 is 2.76 bits per heavy atom. The van der Waals surface area contributed by atoms with E-state index in [0.717, 1.165) is 39.3 Å². The van der Waals surface area contributed by atoms with Gasteiger partial charge in [0.2, 0.25) is 0 Å². The lowest BCUT2D eigenvalue weighted by Crippen LogP contribution is -2.55. The highest BCUT2D eigenvalue weighted by atomic mass is 16.5. The molecule has 0 aliphatic carbocycles. The molecule has 0 amide bonds. The first-order valence-corrected chi connectivity index (χ1v) is 6.31. The fourth-order valence-corrected chi connectivity index (χ4v) is 2.54. The molecule has 0 aromatic heterocycles. The Kier molecular flexibility index (Phi) is 4.01. The van der Waals surface area contributed by atoms with Gasteiger partial charge in [0.15, 0.2) is 0 Å². The number of morpholine rings is 1. The number of likely N-dealkylation sites (N-methyl/N-ethyl adjacent to an activating group) is 1. The summed E-state index contributed by atoms with van der Waals surface area (Å²) in [5, 5.41) is 8.91. The van der Waals surface area contributed by atoms with Crippen molar-refractivity contribution in [1.29, 1.82) is 0 Å². The number of aliphatic carboxylic acids is 1. The molecule has 2 heterocycles. The number of hydrogen-bond donors (Lipinski definition) is 1. The van der Waals surface area contributed by atoms with Crippen LogP contribution in [0.3, 0.4) is 0 Å². The molecule has 98 valence electrons. The maximum atomic E-state index is 10.8. The van der Waals surface area contributed by atoms with Crippen LogP contribution in [0, 0.1) is 11.8 Å². The van der Waals surface area contributed by atoms with Crippen LogP contribution in [-0.2, 0) is 9.53 Å². The van der Waals surface area contributed by atoms with E-state index < -0.39 is 5.97 Å². The van der Waals surface area contributed by atoms with Crippen molar-refractivity contribution < 1.29 is 14.6 Å². The summed E-state index contributed by atoms with van der Waals surface area (Å²) >= 11 is 0. The first-order valence-electron chi connectivity index (χ1n) is 6.31. The van der Waals surface area contributed by atoms with Gasteiger partial charge in [-0.15, -0.1) is 0 Å². The predicted molar refractivity (Wildman–Crippen MR) is 64.0 cm³/mol. The van der Waals surface area contributed by atoms with Gasteiger partial charge in [-0.05, 0) is 13.0 Å². The summed E-state index contributed by atoms with van der Waals surface area (Å²) < 4.78 is 5.70. The van der Waals surface area contributed by atoms with Crippen molar-refractivity contribution in [2.45, 2.75) is 13.0 Å². The molecule has 0 aromatic carbocycles. The standard InChI is InChI=1S/C12H22N2O3/c1-9(12(15)16)10-5-14(6-10)8-11-7-13(2)3-4-17-11/h9-11H,3-8H2,1-2H3,(H,15,16). The van der Waals surface area contributed by atoms with Gasteiger partial charge in [0, 0.05) is 32.7 Å². The van der Waals surface area contributed by atoms with Crippen LogP contribution in [0.4, 0.5) is 0 Å². The Balaban J connectivity index is 1.68. The van der Waals surface area contributed by atoms with Crippen LogP contribution in [0.5, 0.6) is 0 Å². The summed E-state index contributed by atoms with van der Waals surface area (Å²) in [4.78, 5) is 15.4. The molecular formula is C12H22N2O3. The lowest BCUT2D eigenvalue weighted by molar-refractivity contribution is -0.146. The maximum Gasteiger partial charge on any atom is 0.306 e. The van der Waals surface area contributed by atoms with Crippen LogP contribution in [0.15, 0.2) is 0 Å². The molecular weight excluding hydrogens is 220 g/mol. The van der Waals surface area contributed by atoms with Crippen LogP contribution in [0.2, 0.25) is 0 Å². The molecule has 2 unspecified atom stereocenters. The highest BCUT2D eigenvalue weighted by Gasteiger charge is 2.36. The van der Waals surface area contributed by atoms with Crippen LogP contribution < -0.4 is 0 Å². The van der Waals surface area contributed by atoms with Gasteiger partial charge in [-0.3, -0.25) is 4.79 Å². The van der Waals surface area contributed by atoms with Gasteiger partial charge in [0.25, 0.3) is 0 Å². The van der Waals surface area contributed by atoms with E-state index in [1.807, 2.05) is 0 Å². The average molecular weight is 242 g/mol. The average Bonchev–Trinajstić information content (AvgIpc) is 2.22. The van der Waals surface area contributed by atoms with E-state index in [-0.39, 0.29) is 12.0 Å². The highest BCUT2D eigenvalue weighted by Crippen LogP contribution is 2.24. The number of likely N-dealkylation sites (tertiary alicyclic amines) is 1. The Labute approximate surface area is 102 Å². The van der Waals surface area contributed by atoms with Crippen molar-refractivity contribution >= 4 is 5.97 Å². The molecule has 2 saturated heterocycles. The predicted octanol–water partition coefficient (Wildman–Crippen LogP) is -0.0305. The molecule has 2 aliphatic heterocycles. The SMILES string of the molecule is CC(C(=O)O)C1CN(CC2CN(C)CCO2)C1. The maximum absolute atomic E-state index is 10.8. The fourth-order valence-electron chi connectivity index (χ4n) is 2.54. The molecule has 17 heavy (non-hydrogen) atoms. The van der Waals surface area contributed by atoms with Gasteiger partial charge in [-0.25, -0.2) is 0 Å². The Morgan fingerprint density at radius 1 is 1.47 bits per heavy atom. The number of carboxylic acids is 1. The zero-order valence-corrected chi connectivity index (χ0v) is 10.6. The second kappa shape index (κ2) is 5.33. The zero-order valence-electron chi connectivity index (χ0n) is 10.6. The van der Waals surface area contributed by atoms with E-state index in [9.17, 15) is 4.79 Å². The summed E-state index contributed by atoms with van der Waals surface area (Å²) in [6.07, 6.45) is 0.287. The number of carbonyl (C=O) groups is 1. The molecule has 2 rings (SSSR count). The van der Waals surface area contributed by atoms with Crippen molar-refractivity contribution in [1.82, 2.24) is 9.80 Å². The number of rotatable bonds is 4. The van der Waals surface area contributed by atoms with Crippen molar-refractivity contribution in [3.63, 3.8) is 0 Å². The minimum atomic E-state index is -0.678. The highest BCUT2D eigenvalue weighted by molar-refractivity contribution is 5.70. The second-order valence-electron chi connectivity index (χ2n) is 5.36. The number of carboxylic acid groups (broad SMARTS) is 1. The van der Waals surface area contributed by atoms with E-state index >= 15 is 0 Å². The Morgan fingerprint density at radius 2 is 2.18 bits per heavy atom. The molecule has 0 radical (unpaired) electrons. The van der Waals surface area contributed by atoms with E-state index in [1.54, 1.807) is 6.92 Å². The molecule has 0 spiro atoms. The van der Waals surface area contributed by atoms with E-state index in [2.05, 4.69) is 16.8 Å². The van der Waals surface area contributed by atoms with Gasteiger partial charge in [-0.1, -0.05) is 6.92 Å². The third kappa shape index (κ3) is 3.18. The van der Waals surface area contributed by atoms with Gasteiger partial charge < -0.3 is 19.6 Å². The Hall–Kier alpha value is -0.650.